The number of aliphatic hydroxyl groups excluding tert-OH is 2. The molecule has 0 radical (unpaired) electrons. The van der Waals surface area contributed by atoms with Gasteiger partial charge >= 0.3 is 0 Å². The van der Waals surface area contributed by atoms with Gasteiger partial charge in [0.1, 0.15) is 5.75 Å². The maximum absolute atomic E-state index is 13.4. The van der Waals surface area contributed by atoms with Gasteiger partial charge in [-0.2, -0.15) is 0 Å². The fourth-order valence-corrected chi connectivity index (χ4v) is 4.27. The molecule has 0 saturated carbocycles. The molecule has 0 heterocycles. The molecular formula is C26H45NO4. The number of phenols is 1. The van der Waals surface area contributed by atoms with Gasteiger partial charge in [-0.25, -0.2) is 0 Å². The van der Waals surface area contributed by atoms with Crippen molar-refractivity contribution in [3.63, 3.8) is 0 Å². The van der Waals surface area contributed by atoms with Crippen molar-refractivity contribution in [1.29, 1.82) is 0 Å². The Balaban J connectivity index is 3.36. The van der Waals surface area contributed by atoms with E-state index in [4.69, 9.17) is 0 Å². The molecule has 0 aliphatic heterocycles. The smallest absolute Gasteiger partial charge is 0.223 e. The fraction of sp³-hybridized carbons (Fsp3) is 0.731. The van der Waals surface area contributed by atoms with Crippen molar-refractivity contribution in [2.24, 2.45) is 0 Å². The summed E-state index contributed by atoms with van der Waals surface area (Å²) in [5, 5.41) is 31.0. The van der Waals surface area contributed by atoms with Crippen LogP contribution in [0.5, 0.6) is 5.75 Å². The van der Waals surface area contributed by atoms with E-state index in [0.717, 1.165) is 16.7 Å². The summed E-state index contributed by atoms with van der Waals surface area (Å²) in [6.07, 6.45) is 1.25. The number of aryl methyl sites for hydroxylation is 1. The summed E-state index contributed by atoms with van der Waals surface area (Å²) in [5.74, 6) is 0.233. The Morgan fingerprint density at radius 1 is 0.871 bits per heavy atom. The average Bonchev–Trinajstić information content (AvgIpc) is 2.62. The quantitative estimate of drug-likeness (QED) is 0.581. The SMILES string of the molecule is CCC(CO)(CO)N(C(=O)CCc1cc(C(C)(C)C)c(O)c(C(C)(C)C)c1)C(C)(C)C. The Hall–Kier alpha value is -1.59. The molecule has 0 unspecified atom stereocenters. The van der Waals surface area contributed by atoms with Gasteiger partial charge in [-0.05, 0) is 61.1 Å². The molecule has 0 aromatic heterocycles. The number of phenolic OH excluding ortho intramolecular Hbond substituents is 1. The molecule has 31 heavy (non-hydrogen) atoms. The number of hydrogen-bond donors (Lipinski definition) is 3. The molecule has 0 atom stereocenters. The van der Waals surface area contributed by atoms with Gasteiger partial charge in [-0.1, -0.05) is 60.6 Å². The monoisotopic (exact) mass is 435 g/mol. The van der Waals surface area contributed by atoms with Crippen LogP contribution >= 0.6 is 0 Å². The first-order valence-corrected chi connectivity index (χ1v) is 11.4. The highest BCUT2D eigenvalue weighted by Gasteiger charge is 2.43. The van der Waals surface area contributed by atoms with Crippen molar-refractivity contribution < 1.29 is 20.1 Å². The van der Waals surface area contributed by atoms with Gasteiger partial charge in [0.25, 0.3) is 0 Å². The second-order valence-electron chi connectivity index (χ2n) is 11.8. The zero-order valence-electron chi connectivity index (χ0n) is 21.4. The van der Waals surface area contributed by atoms with Crippen LogP contribution in [-0.4, -0.2) is 50.4 Å². The van der Waals surface area contributed by atoms with E-state index in [1.165, 1.54) is 0 Å². The Kier molecular flexibility index (Phi) is 8.41. The zero-order valence-corrected chi connectivity index (χ0v) is 21.4. The van der Waals surface area contributed by atoms with Crippen LogP contribution < -0.4 is 0 Å². The van der Waals surface area contributed by atoms with Gasteiger partial charge in [-0.15, -0.1) is 0 Å². The number of benzene rings is 1. The summed E-state index contributed by atoms with van der Waals surface area (Å²) in [7, 11) is 0. The normalized spacial score (nSPS) is 13.4. The molecule has 3 N–H and O–H groups in total. The van der Waals surface area contributed by atoms with Gasteiger partial charge in [0.15, 0.2) is 0 Å². The number of aromatic hydroxyl groups is 1. The molecule has 1 aromatic carbocycles. The molecule has 5 nitrogen and oxygen atoms in total. The first kappa shape index (κ1) is 27.4. The molecule has 0 bridgehead atoms. The van der Waals surface area contributed by atoms with E-state index < -0.39 is 11.1 Å². The van der Waals surface area contributed by atoms with Crippen LogP contribution in [0.3, 0.4) is 0 Å². The van der Waals surface area contributed by atoms with Crippen LogP contribution in [-0.2, 0) is 22.0 Å². The minimum absolute atomic E-state index is 0.0971. The van der Waals surface area contributed by atoms with Gasteiger partial charge in [0.05, 0.1) is 18.8 Å². The predicted octanol–water partition coefficient (Wildman–Crippen LogP) is 4.68. The molecule has 0 aliphatic rings. The second kappa shape index (κ2) is 9.50. The number of carbonyl (C=O) groups excluding carboxylic acids is 1. The number of nitrogens with zero attached hydrogens (tertiary/aromatic N) is 1. The predicted molar refractivity (Wildman–Crippen MR) is 128 cm³/mol. The van der Waals surface area contributed by atoms with Crippen LogP contribution in [0.2, 0.25) is 0 Å². The van der Waals surface area contributed by atoms with Crippen LogP contribution in [0.25, 0.3) is 0 Å². The highest BCUT2D eigenvalue weighted by atomic mass is 16.3. The molecule has 1 aromatic rings. The first-order chi connectivity index (χ1) is 13.9. The second-order valence-corrected chi connectivity index (χ2v) is 11.8. The van der Waals surface area contributed by atoms with Crippen LogP contribution in [0.4, 0.5) is 0 Å². The third-order valence-electron chi connectivity index (χ3n) is 6.05. The first-order valence-electron chi connectivity index (χ1n) is 11.4. The van der Waals surface area contributed by atoms with E-state index in [-0.39, 0.29) is 36.4 Å². The Morgan fingerprint density at radius 2 is 1.29 bits per heavy atom. The van der Waals surface area contributed by atoms with E-state index >= 15 is 0 Å². The fourth-order valence-electron chi connectivity index (χ4n) is 4.27. The number of aliphatic hydroxyl groups is 2. The van der Waals surface area contributed by atoms with E-state index in [0.29, 0.717) is 18.6 Å². The third-order valence-corrected chi connectivity index (χ3v) is 6.05. The summed E-state index contributed by atoms with van der Waals surface area (Å²) >= 11 is 0. The standard InChI is InChI=1S/C26H45NO4/c1-11-26(16-28,17-29)27(25(8,9)10)21(30)13-12-18-14-19(23(2,3)4)22(31)20(15-18)24(5,6)7/h14-15,28-29,31H,11-13,16-17H2,1-10H3. The molecule has 5 heteroatoms. The Morgan fingerprint density at radius 3 is 1.58 bits per heavy atom. The minimum Gasteiger partial charge on any atom is -0.507 e. The van der Waals surface area contributed by atoms with E-state index in [1.54, 1.807) is 4.90 Å². The number of hydrogen-bond acceptors (Lipinski definition) is 4. The van der Waals surface area contributed by atoms with Gasteiger partial charge in [-0.3, -0.25) is 4.79 Å². The summed E-state index contributed by atoms with van der Waals surface area (Å²) in [6.45, 7) is 19.5. The van der Waals surface area contributed by atoms with Crippen molar-refractivity contribution >= 4 is 5.91 Å². The van der Waals surface area contributed by atoms with E-state index in [1.807, 2.05) is 39.8 Å². The molecule has 0 saturated heterocycles. The average molecular weight is 436 g/mol. The lowest BCUT2D eigenvalue weighted by molar-refractivity contribution is -0.152. The highest BCUT2D eigenvalue weighted by Crippen LogP contribution is 2.40. The minimum atomic E-state index is -0.989. The van der Waals surface area contributed by atoms with Crippen molar-refractivity contribution in [1.82, 2.24) is 4.90 Å². The summed E-state index contributed by atoms with van der Waals surface area (Å²) in [5.41, 5.74) is 0.773. The summed E-state index contributed by atoms with van der Waals surface area (Å²) < 4.78 is 0. The third kappa shape index (κ3) is 6.23. The lowest BCUT2D eigenvalue weighted by atomic mass is 9.78. The zero-order chi connectivity index (χ0) is 24.4. The number of carbonyl (C=O) groups is 1. The molecule has 178 valence electrons. The van der Waals surface area contributed by atoms with Crippen LogP contribution in [0.1, 0.15) is 98.8 Å². The molecule has 0 fully saturated rings. The lowest BCUT2D eigenvalue weighted by Gasteiger charge is -2.49. The van der Waals surface area contributed by atoms with Crippen molar-refractivity contribution in [2.75, 3.05) is 13.2 Å². The van der Waals surface area contributed by atoms with E-state index in [9.17, 15) is 20.1 Å². The molecule has 0 spiro atoms. The molecule has 1 rings (SSSR count). The Labute approximate surface area is 189 Å². The van der Waals surface area contributed by atoms with Crippen LogP contribution in [0, 0.1) is 0 Å². The van der Waals surface area contributed by atoms with Gasteiger partial charge < -0.3 is 20.2 Å². The molecule has 0 aliphatic carbocycles. The van der Waals surface area contributed by atoms with E-state index in [2.05, 4.69) is 41.5 Å². The van der Waals surface area contributed by atoms with Crippen molar-refractivity contribution in [2.45, 2.75) is 110 Å². The number of rotatable bonds is 7. The lowest BCUT2D eigenvalue weighted by Crippen LogP contribution is -2.63. The van der Waals surface area contributed by atoms with Gasteiger partial charge in [0, 0.05) is 12.0 Å². The Bertz CT molecular complexity index is 716. The maximum Gasteiger partial charge on any atom is 0.223 e. The van der Waals surface area contributed by atoms with Crippen molar-refractivity contribution in [3.05, 3.63) is 28.8 Å². The maximum atomic E-state index is 13.4. The largest absolute Gasteiger partial charge is 0.507 e. The highest BCUT2D eigenvalue weighted by molar-refractivity contribution is 5.78. The summed E-state index contributed by atoms with van der Waals surface area (Å²) in [4.78, 5) is 15.0. The molecule has 1 amide bonds. The molecular weight excluding hydrogens is 390 g/mol. The van der Waals surface area contributed by atoms with Gasteiger partial charge in [0.2, 0.25) is 5.91 Å². The topological polar surface area (TPSA) is 81.0 Å². The summed E-state index contributed by atoms with van der Waals surface area (Å²) in [6, 6.07) is 4.01. The van der Waals surface area contributed by atoms with Crippen molar-refractivity contribution in [3.8, 4) is 5.75 Å². The van der Waals surface area contributed by atoms with Crippen LogP contribution in [0.15, 0.2) is 12.1 Å². The number of amides is 1.